The Morgan fingerprint density at radius 3 is 2.30 bits per heavy atom. The van der Waals surface area contributed by atoms with E-state index in [-0.39, 0.29) is 12.2 Å². The minimum absolute atomic E-state index is 0.267. The SMILES string of the molecule is Cc1cc(CN(C)CCC(O)c2cccs2)nc(C(F)(F)F)n1.O=C(O)C(F)(F)F. The fourth-order valence-corrected chi connectivity index (χ4v) is 2.91. The Morgan fingerprint density at radius 2 is 1.83 bits per heavy atom. The quantitative estimate of drug-likeness (QED) is 0.634. The molecule has 0 fully saturated rings. The van der Waals surface area contributed by atoms with Crippen LogP contribution in [0.2, 0.25) is 0 Å². The van der Waals surface area contributed by atoms with Crippen molar-refractivity contribution in [3.63, 3.8) is 0 Å². The van der Waals surface area contributed by atoms with Crippen LogP contribution in [0.5, 0.6) is 0 Å². The topological polar surface area (TPSA) is 86.5 Å². The van der Waals surface area contributed by atoms with E-state index in [0.29, 0.717) is 18.7 Å². The Kier molecular flexibility index (Phi) is 9.18. The van der Waals surface area contributed by atoms with E-state index in [9.17, 15) is 31.4 Å². The third kappa shape index (κ3) is 9.05. The zero-order chi connectivity index (χ0) is 23.1. The standard InChI is InChI=1S/C15H18F3N3OS.C2HF3O2/c1-10-8-11(20-14(19-10)15(16,17)18)9-21(2)6-5-12(22)13-4-3-7-23-13;3-2(4,5)1(6)7/h3-4,7-8,12,22H,5-6,9H2,1-2H3;(H,6,7). The van der Waals surface area contributed by atoms with E-state index in [1.54, 1.807) is 13.1 Å². The number of hydrogen-bond acceptors (Lipinski definition) is 6. The van der Waals surface area contributed by atoms with Crippen molar-refractivity contribution < 1.29 is 41.4 Å². The van der Waals surface area contributed by atoms with Crippen molar-refractivity contribution in [2.45, 2.75) is 38.3 Å². The maximum Gasteiger partial charge on any atom is 0.490 e. The number of hydrogen-bond donors (Lipinski definition) is 2. The van der Waals surface area contributed by atoms with Gasteiger partial charge in [-0.1, -0.05) is 6.07 Å². The molecule has 0 amide bonds. The molecule has 13 heteroatoms. The number of aliphatic hydroxyl groups excluding tert-OH is 1. The molecule has 0 saturated carbocycles. The van der Waals surface area contributed by atoms with Crippen LogP contribution in [0.25, 0.3) is 0 Å². The van der Waals surface area contributed by atoms with Gasteiger partial charge in [-0.25, -0.2) is 14.8 Å². The average molecular weight is 459 g/mol. The number of thiophene rings is 1. The van der Waals surface area contributed by atoms with Crippen LogP contribution in [0, 0.1) is 6.92 Å². The average Bonchev–Trinajstić information content (AvgIpc) is 3.13. The third-order valence-electron chi connectivity index (χ3n) is 3.49. The molecule has 0 spiro atoms. The lowest BCUT2D eigenvalue weighted by Crippen LogP contribution is -2.23. The first-order chi connectivity index (χ1) is 13.7. The molecule has 2 N–H and O–H groups in total. The number of aliphatic hydroxyl groups is 1. The summed E-state index contributed by atoms with van der Waals surface area (Å²) in [5.41, 5.74) is 0.604. The number of carboxylic acids is 1. The number of aromatic nitrogens is 2. The van der Waals surface area contributed by atoms with Crippen LogP contribution in [0.3, 0.4) is 0 Å². The number of carbonyl (C=O) groups is 1. The monoisotopic (exact) mass is 459 g/mol. The first kappa shape index (κ1) is 25.8. The molecule has 2 heterocycles. The Bertz CT molecular complexity index is 812. The van der Waals surface area contributed by atoms with E-state index in [0.717, 1.165) is 4.88 Å². The molecule has 0 saturated heterocycles. The zero-order valence-electron chi connectivity index (χ0n) is 15.8. The van der Waals surface area contributed by atoms with Crippen LogP contribution in [-0.2, 0) is 17.5 Å². The summed E-state index contributed by atoms with van der Waals surface area (Å²) in [4.78, 5) is 18.6. The second-order valence-corrected chi connectivity index (χ2v) is 7.16. The molecule has 0 bridgehead atoms. The number of aryl methyl sites for hydroxylation is 1. The highest BCUT2D eigenvalue weighted by atomic mass is 32.1. The van der Waals surface area contributed by atoms with E-state index in [1.807, 2.05) is 22.4 Å². The van der Waals surface area contributed by atoms with Crippen molar-refractivity contribution in [2.75, 3.05) is 13.6 Å². The highest BCUT2D eigenvalue weighted by molar-refractivity contribution is 7.10. The van der Waals surface area contributed by atoms with Gasteiger partial charge in [0.25, 0.3) is 0 Å². The van der Waals surface area contributed by atoms with Gasteiger partial charge in [0.2, 0.25) is 5.82 Å². The Balaban J connectivity index is 0.000000553. The van der Waals surface area contributed by atoms with E-state index < -0.39 is 30.3 Å². The maximum atomic E-state index is 12.7. The van der Waals surface area contributed by atoms with Gasteiger partial charge < -0.3 is 15.1 Å². The van der Waals surface area contributed by atoms with Crippen molar-refractivity contribution >= 4 is 17.3 Å². The summed E-state index contributed by atoms with van der Waals surface area (Å²) in [6.07, 6.45) is -9.68. The first-order valence-electron chi connectivity index (χ1n) is 8.32. The molecule has 6 nitrogen and oxygen atoms in total. The van der Waals surface area contributed by atoms with Gasteiger partial charge in [0.05, 0.1) is 11.8 Å². The summed E-state index contributed by atoms with van der Waals surface area (Å²) < 4.78 is 69.9. The summed E-state index contributed by atoms with van der Waals surface area (Å²) in [5.74, 6) is -3.87. The summed E-state index contributed by atoms with van der Waals surface area (Å²) in [6.45, 7) is 2.33. The molecule has 2 rings (SSSR count). The molecule has 2 aromatic heterocycles. The predicted molar refractivity (Wildman–Crippen MR) is 95.7 cm³/mol. The Morgan fingerprint density at radius 1 is 1.23 bits per heavy atom. The molecule has 0 radical (unpaired) electrons. The van der Waals surface area contributed by atoms with Crippen LogP contribution < -0.4 is 0 Å². The van der Waals surface area contributed by atoms with Crippen LogP contribution >= 0.6 is 11.3 Å². The number of aliphatic carboxylic acids is 1. The third-order valence-corrected chi connectivity index (χ3v) is 4.46. The van der Waals surface area contributed by atoms with Crippen molar-refractivity contribution in [3.05, 3.63) is 45.7 Å². The summed E-state index contributed by atoms with van der Waals surface area (Å²) in [6, 6.07) is 5.27. The summed E-state index contributed by atoms with van der Waals surface area (Å²) in [5, 5.41) is 19.0. The molecule has 0 aromatic carbocycles. The molecule has 168 valence electrons. The van der Waals surface area contributed by atoms with Crippen LogP contribution in [0.4, 0.5) is 26.3 Å². The smallest absolute Gasteiger partial charge is 0.475 e. The molecule has 0 aliphatic carbocycles. The largest absolute Gasteiger partial charge is 0.490 e. The van der Waals surface area contributed by atoms with E-state index in [4.69, 9.17) is 9.90 Å². The van der Waals surface area contributed by atoms with Crippen LogP contribution in [0.1, 0.15) is 34.6 Å². The highest BCUT2D eigenvalue weighted by Crippen LogP contribution is 2.26. The van der Waals surface area contributed by atoms with Gasteiger partial charge in [-0.15, -0.1) is 11.3 Å². The molecule has 1 atom stereocenters. The van der Waals surface area contributed by atoms with Crippen molar-refractivity contribution in [3.8, 4) is 0 Å². The van der Waals surface area contributed by atoms with Crippen molar-refractivity contribution in [1.82, 2.24) is 14.9 Å². The number of carboxylic acid groups (broad SMARTS) is 1. The van der Waals surface area contributed by atoms with Gasteiger partial charge in [0.15, 0.2) is 0 Å². The van der Waals surface area contributed by atoms with Gasteiger partial charge >= 0.3 is 18.3 Å². The van der Waals surface area contributed by atoms with Crippen LogP contribution in [-0.4, -0.2) is 50.8 Å². The Hall–Kier alpha value is -2.25. The zero-order valence-corrected chi connectivity index (χ0v) is 16.6. The van der Waals surface area contributed by atoms with Gasteiger partial charge in [0, 0.05) is 23.7 Å². The molecule has 0 aliphatic heterocycles. The number of alkyl halides is 6. The van der Waals surface area contributed by atoms with Crippen LogP contribution in [0.15, 0.2) is 23.6 Å². The lowest BCUT2D eigenvalue weighted by atomic mass is 10.2. The van der Waals surface area contributed by atoms with E-state index in [1.165, 1.54) is 18.3 Å². The van der Waals surface area contributed by atoms with E-state index >= 15 is 0 Å². The maximum absolute atomic E-state index is 12.7. The normalized spacial score (nSPS) is 13.0. The minimum Gasteiger partial charge on any atom is -0.475 e. The molecule has 1 unspecified atom stereocenters. The summed E-state index contributed by atoms with van der Waals surface area (Å²) >= 11 is 1.48. The minimum atomic E-state index is -5.08. The molecule has 0 aliphatic rings. The second kappa shape index (κ2) is 10.7. The van der Waals surface area contributed by atoms with Gasteiger partial charge in [0.1, 0.15) is 0 Å². The Labute approximate surface area is 171 Å². The fraction of sp³-hybridized carbons (Fsp3) is 0.471. The first-order valence-corrected chi connectivity index (χ1v) is 9.20. The van der Waals surface area contributed by atoms with Crippen molar-refractivity contribution in [2.24, 2.45) is 0 Å². The second-order valence-electron chi connectivity index (χ2n) is 6.18. The fourth-order valence-electron chi connectivity index (χ4n) is 2.16. The number of halogens is 6. The highest BCUT2D eigenvalue weighted by Gasteiger charge is 2.38. The van der Waals surface area contributed by atoms with Gasteiger partial charge in [-0.05, 0) is 37.9 Å². The molecular formula is C17H19F6N3O3S. The lowest BCUT2D eigenvalue weighted by Gasteiger charge is -2.18. The molecule has 30 heavy (non-hydrogen) atoms. The van der Waals surface area contributed by atoms with Crippen molar-refractivity contribution in [1.29, 1.82) is 0 Å². The predicted octanol–water partition coefficient (Wildman–Crippen LogP) is 4.05. The van der Waals surface area contributed by atoms with Gasteiger partial charge in [-0.3, -0.25) is 0 Å². The lowest BCUT2D eigenvalue weighted by molar-refractivity contribution is -0.192. The molecular weight excluding hydrogens is 440 g/mol. The number of nitrogens with zero attached hydrogens (tertiary/aromatic N) is 3. The van der Waals surface area contributed by atoms with Gasteiger partial charge in [-0.2, -0.15) is 26.3 Å². The summed E-state index contributed by atoms with van der Waals surface area (Å²) in [7, 11) is 1.78. The van der Waals surface area contributed by atoms with E-state index in [2.05, 4.69) is 9.97 Å². The molecule has 2 aromatic rings. The number of rotatable bonds is 6.